The Hall–Kier alpha value is -1.45. The van der Waals surface area contributed by atoms with Gasteiger partial charge in [0.05, 0.1) is 5.92 Å². The van der Waals surface area contributed by atoms with Gasteiger partial charge in [0.1, 0.15) is 5.82 Å². The molecule has 1 heterocycles. The number of carboxylic acid groups (broad SMARTS) is 1. The lowest BCUT2D eigenvalue weighted by molar-refractivity contribution is -0.139. The lowest BCUT2D eigenvalue weighted by Crippen LogP contribution is -2.18. The van der Waals surface area contributed by atoms with Crippen molar-refractivity contribution in [2.75, 3.05) is 0 Å². The fourth-order valence-electron chi connectivity index (χ4n) is 1.87. The number of hydrogen-bond donors (Lipinski definition) is 1. The lowest BCUT2D eigenvalue weighted by atomic mass is 9.90. The highest BCUT2D eigenvalue weighted by atomic mass is 16.4. The molecule has 4 nitrogen and oxygen atoms in total. The van der Waals surface area contributed by atoms with Gasteiger partial charge in [0.25, 0.3) is 0 Å². The Balaban J connectivity index is 2.21. The average molecular weight is 220 g/mol. The fraction of sp³-hybridized carbons (Fsp3) is 0.583. The van der Waals surface area contributed by atoms with E-state index in [9.17, 15) is 4.79 Å². The topological polar surface area (TPSA) is 63.1 Å². The van der Waals surface area contributed by atoms with Crippen molar-refractivity contribution in [2.45, 2.75) is 38.5 Å². The number of aromatic nitrogens is 2. The number of nitrogens with zero attached hydrogens (tertiary/aromatic N) is 2. The van der Waals surface area contributed by atoms with Crippen molar-refractivity contribution in [2.24, 2.45) is 5.92 Å². The molecule has 1 N–H and O–H groups in total. The largest absolute Gasteiger partial charge is 0.481 e. The number of carbonyl (C=O) groups is 1. The predicted octanol–water partition coefficient (Wildman–Crippen LogP) is 2.18. The van der Waals surface area contributed by atoms with Gasteiger partial charge in [-0.25, -0.2) is 9.97 Å². The van der Waals surface area contributed by atoms with Crippen molar-refractivity contribution in [1.82, 2.24) is 9.97 Å². The van der Waals surface area contributed by atoms with Crippen LogP contribution in [0.3, 0.4) is 0 Å². The molecule has 0 radical (unpaired) electrons. The third-order valence-electron chi connectivity index (χ3n) is 2.93. The molecule has 1 aliphatic rings. The van der Waals surface area contributed by atoms with E-state index < -0.39 is 11.9 Å². The average Bonchev–Trinajstić information content (AvgIpc) is 3.01. The number of hydrogen-bond acceptors (Lipinski definition) is 3. The number of rotatable bonds is 4. The molecule has 1 aliphatic carbocycles. The van der Waals surface area contributed by atoms with Gasteiger partial charge in [0.2, 0.25) is 0 Å². The molecule has 16 heavy (non-hydrogen) atoms. The zero-order valence-electron chi connectivity index (χ0n) is 9.55. The maximum Gasteiger partial charge on any atom is 0.311 e. The normalized spacial score (nSPS) is 17.4. The van der Waals surface area contributed by atoms with E-state index in [-0.39, 0.29) is 5.92 Å². The van der Waals surface area contributed by atoms with Crippen molar-refractivity contribution in [3.63, 3.8) is 0 Å². The van der Waals surface area contributed by atoms with E-state index >= 15 is 0 Å². The van der Waals surface area contributed by atoms with Crippen LogP contribution in [0.25, 0.3) is 0 Å². The lowest BCUT2D eigenvalue weighted by Gasteiger charge is -2.15. The molecule has 0 unspecified atom stereocenters. The summed E-state index contributed by atoms with van der Waals surface area (Å²) in [5.41, 5.74) is 0.701. The van der Waals surface area contributed by atoms with Gasteiger partial charge >= 0.3 is 5.97 Å². The second-order valence-electron chi connectivity index (χ2n) is 4.71. The highest BCUT2D eigenvalue weighted by Crippen LogP contribution is 2.38. The van der Waals surface area contributed by atoms with Crippen molar-refractivity contribution < 1.29 is 9.90 Å². The van der Waals surface area contributed by atoms with E-state index in [1.165, 1.54) is 0 Å². The predicted molar refractivity (Wildman–Crippen MR) is 59.2 cm³/mol. The molecule has 1 aromatic heterocycles. The van der Waals surface area contributed by atoms with Gasteiger partial charge in [-0.2, -0.15) is 0 Å². The summed E-state index contributed by atoms with van der Waals surface area (Å²) in [4.78, 5) is 19.6. The smallest absolute Gasteiger partial charge is 0.311 e. The van der Waals surface area contributed by atoms with Crippen LogP contribution in [-0.2, 0) is 4.79 Å². The van der Waals surface area contributed by atoms with Crippen LogP contribution < -0.4 is 0 Å². The van der Waals surface area contributed by atoms with Crippen LogP contribution >= 0.6 is 0 Å². The highest BCUT2D eigenvalue weighted by molar-refractivity contribution is 5.76. The summed E-state index contributed by atoms with van der Waals surface area (Å²) in [5, 5.41) is 9.13. The van der Waals surface area contributed by atoms with E-state index in [0.717, 1.165) is 18.7 Å². The van der Waals surface area contributed by atoms with Crippen molar-refractivity contribution in [3.05, 3.63) is 23.8 Å². The first-order chi connectivity index (χ1) is 7.59. The molecule has 1 fully saturated rings. The van der Waals surface area contributed by atoms with Crippen LogP contribution in [0.15, 0.2) is 12.4 Å². The molecular weight excluding hydrogens is 204 g/mol. The molecule has 0 aliphatic heterocycles. The van der Waals surface area contributed by atoms with Crippen LogP contribution in [0, 0.1) is 5.92 Å². The van der Waals surface area contributed by atoms with Crippen LogP contribution in [0.4, 0.5) is 0 Å². The minimum absolute atomic E-state index is 0.0490. The Bertz CT molecular complexity index is 383. The van der Waals surface area contributed by atoms with E-state index in [1.807, 2.05) is 13.8 Å². The van der Waals surface area contributed by atoms with E-state index in [1.54, 1.807) is 12.4 Å². The summed E-state index contributed by atoms with van der Waals surface area (Å²) >= 11 is 0. The van der Waals surface area contributed by atoms with E-state index in [2.05, 4.69) is 9.97 Å². The fourth-order valence-corrected chi connectivity index (χ4v) is 1.87. The minimum atomic E-state index is -0.808. The zero-order chi connectivity index (χ0) is 11.7. The third-order valence-corrected chi connectivity index (χ3v) is 2.93. The van der Waals surface area contributed by atoms with Crippen LogP contribution in [0.5, 0.6) is 0 Å². The highest BCUT2D eigenvalue weighted by Gasteiger charge is 2.28. The Morgan fingerprint density at radius 3 is 2.31 bits per heavy atom. The molecular formula is C12H16N2O2. The number of aliphatic carboxylic acids is 1. The molecule has 0 amide bonds. The molecule has 0 bridgehead atoms. The van der Waals surface area contributed by atoms with Crippen molar-refractivity contribution in [1.29, 1.82) is 0 Å². The minimum Gasteiger partial charge on any atom is -0.481 e. The molecule has 4 heteroatoms. The van der Waals surface area contributed by atoms with Gasteiger partial charge in [0.15, 0.2) is 0 Å². The van der Waals surface area contributed by atoms with Gasteiger partial charge in [-0.1, -0.05) is 13.8 Å². The Morgan fingerprint density at radius 2 is 1.94 bits per heavy atom. The quantitative estimate of drug-likeness (QED) is 0.844. The molecule has 1 atom stereocenters. The van der Waals surface area contributed by atoms with Crippen LogP contribution in [0.2, 0.25) is 0 Å². The first-order valence-electron chi connectivity index (χ1n) is 5.64. The molecule has 86 valence electrons. The van der Waals surface area contributed by atoms with Crippen molar-refractivity contribution >= 4 is 5.97 Å². The molecule has 0 saturated heterocycles. The van der Waals surface area contributed by atoms with E-state index in [4.69, 9.17) is 5.11 Å². The Kier molecular flexibility index (Phi) is 2.90. The maximum atomic E-state index is 11.1. The summed E-state index contributed by atoms with van der Waals surface area (Å²) in [6, 6.07) is 0. The first kappa shape index (κ1) is 11.0. The summed E-state index contributed by atoms with van der Waals surface area (Å²) in [6.07, 6.45) is 5.65. The molecule has 1 saturated carbocycles. The van der Waals surface area contributed by atoms with Crippen molar-refractivity contribution in [3.8, 4) is 0 Å². The van der Waals surface area contributed by atoms with Gasteiger partial charge in [-0.05, 0) is 18.8 Å². The Morgan fingerprint density at radius 1 is 1.38 bits per heavy atom. The SMILES string of the molecule is CC(C)[C@H](C(=O)O)c1cnc(C2CC2)nc1. The second kappa shape index (κ2) is 4.20. The monoisotopic (exact) mass is 220 g/mol. The van der Waals surface area contributed by atoms with Gasteiger partial charge in [0, 0.05) is 23.9 Å². The van der Waals surface area contributed by atoms with Gasteiger partial charge in [-0.3, -0.25) is 4.79 Å². The van der Waals surface area contributed by atoms with Gasteiger partial charge in [-0.15, -0.1) is 0 Å². The standard InChI is InChI=1S/C12H16N2O2/c1-7(2)10(12(15)16)9-5-13-11(14-6-9)8-3-4-8/h5-8,10H,3-4H2,1-2H3,(H,15,16)/t10-/m0/s1. The summed E-state index contributed by atoms with van der Waals surface area (Å²) in [6.45, 7) is 3.79. The van der Waals surface area contributed by atoms with Gasteiger partial charge < -0.3 is 5.11 Å². The molecule has 1 aromatic rings. The third kappa shape index (κ3) is 2.21. The van der Waals surface area contributed by atoms with E-state index in [0.29, 0.717) is 11.5 Å². The zero-order valence-corrected chi connectivity index (χ0v) is 9.55. The molecule has 0 spiro atoms. The maximum absolute atomic E-state index is 11.1. The summed E-state index contributed by atoms with van der Waals surface area (Å²) < 4.78 is 0. The molecule has 2 rings (SSSR count). The first-order valence-corrected chi connectivity index (χ1v) is 5.64. The second-order valence-corrected chi connectivity index (χ2v) is 4.71. The Labute approximate surface area is 94.7 Å². The van der Waals surface area contributed by atoms with Crippen LogP contribution in [-0.4, -0.2) is 21.0 Å². The number of carboxylic acids is 1. The summed E-state index contributed by atoms with van der Waals surface area (Å²) in [7, 11) is 0. The van der Waals surface area contributed by atoms with Crippen LogP contribution in [0.1, 0.15) is 49.9 Å². The summed E-state index contributed by atoms with van der Waals surface area (Å²) in [5.74, 6) is 0.104. The molecule has 0 aromatic carbocycles.